The third-order valence-electron chi connectivity index (χ3n) is 5.06. The van der Waals surface area contributed by atoms with Gasteiger partial charge in [0.2, 0.25) is 0 Å². The van der Waals surface area contributed by atoms with Gasteiger partial charge in [-0.3, -0.25) is 4.79 Å². The molecular weight excluding hydrogens is 371 g/mol. The van der Waals surface area contributed by atoms with Crippen molar-refractivity contribution in [1.29, 1.82) is 5.26 Å². The molecule has 1 aromatic heterocycles. The van der Waals surface area contributed by atoms with Crippen molar-refractivity contribution in [3.8, 4) is 6.07 Å². The van der Waals surface area contributed by atoms with Gasteiger partial charge in [0.1, 0.15) is 11.6 Å². The van der Waals surface area contributed by atoms with Gasteiger partial charge in [-0.05, 0) is 54.5 Å². The molecule has 0 unspecified atom stereocenters. The van der Waals surface area contributed by atoms with Crippen LogP contribution in [0.1, 0.15) is 54.1 Å². The Hall–Kier alpha value is -2.98. The fraction of sp³-hybridized carbons (Fsp3) is 0.409. The van der Waals surface area contributed by atoms with Gasteiger partial charge >= 0.3 is 0 Å². The summed E-state index contributed by atoms with van der Waals surface area (Å²) in [5.74, 6) is 0.286. The molecule has 1 aliphatic rings. The number of nitrogens with zero attached hydrogens (tertiary/aromatic N) is 2. The molecular formula is C22H25FN4O2. The summed E-state index contributed by atoms with van der Waals surface area (Å²) in [4.78, 5) is 17.0. The normalized spacial score (nSPS) is 14.4. The number of amides is 1. The first-order valence-electron chi connectivity index (χ1n) is 9.80. The van der Waals surface area contributed by atoms with Gasteiger partial charge in [-0.1, -0.05) is 13.8 Å². The highest BCUT2D eigenvalue weighted by Crippen LogP contribution is 2.25. The SMILES string of the molecule is CC(C)c1cc(Nc2ccc(C#N)cc2F)ncc1C(=O)NCC1CCOCC1. The highest BCUT2D eigenvalue weighted by Gasteiger charge is 2.19. The number of aromatic nitrogens is 1. The van der Waals surface area contributed by atoms with E-state index in [0.29, 0.717) is 23.8 Å². The lowest BCUT2D eigenvalue weighted by Gasteiger charge is -2.22. The number of carbonyl (C=O) groups is 1. The third-order valence-corrected chi connectivity index (χ3v) is 5.06. The van der Waals surface area contributed by atoms with Crippen molar-refractivity contribution in [2.24, 2.45) is 5.92 Å². The number of hydrogen-bond donors (Lipinski definition) is 2. The summed E-state index contributed by atoms with van der Waals surface area (Å²) in [6.07, 6.45) is 3.43. The molecule has 0 aliphatic carbocycles. The van der Waals surface area contributed by atoms with E-state index < -0.39 is 5.82 Å². The second kappa shape index (κ2) is 9.48. The summed E-state index contributed by atoms with van der Waals surface area (Å²) in [6, 6.07) is 7.88. The number of anilines is 2. The Bertz CT molecular complexity index is 918. The van der Waals surface area contributed by atoms with Gasteiger partial charge in [0.25, 0.3) is 5.91 Å². The number of rotatable bonds is 6. The molecule has 29 heavy (non-hydrogen) atoms. The molecule has 6 nitrogen and oxygen atoms in total. The van der Waals surface area contributed by atoms with E-state index in [1.54, 1.807) is 6.07 Å². The molecule has 2 N–H and O–H groups in total. The fourth-order valence-electron chi connectivity index (χ4n) is 3.31. The average molecular weight is 396 g/mol. The maximum Gasteiger partial charge on any atom is 0.253 e. The lowest BCUT2D eigenvalue weighted by Crippen LogP contribution is -2.32. The van der Waals surface area contributed by atoms with E-state index in [0.717, 1.165) is 31.6 Å². The zero-order valence-corrected chi connectivity index (χ0v) is 16.7. The van der Waals surface area contributed by atoms with Gasteiger partial charge in [-0.25, -0.2) is 9.37 Å². The summed E-state index contributed by atoms with van der Waals surface area (Å²) in [5.41, 5.74) is 1.84. The number of carbonyl (C=O) groups excluding carboxylic acids is 1. The predicted molar refractivity (Wildman–Crippen MR) is 109 cm³/mol. The second-order valence-electron chi connectivity index (χ2n) is 7.51. The molecule has 1 aliphatic heterocycles. The standard InChI is InChI=1S/C22H25FN4O2/c1-14(2)17-10-21(27-20-4-3-16(11-24)9-19(20)23)25-13-18(17)22(28)26-12-15-5-7-29-8-6-15/h3-4,9-10,13-15H,5-8,12H2,1-2H3,(H,25,27)(H,26,28). The smallest absolute Gasteiger partial charge is 0.253 e. The van der Waals surface area contributed by atoms with Crippen LogP contribution in [0, 0.1) is 23.1 Å². The largest absolute Gasteiger partial charge is 0.381 e. The lowest BCUT2D eigenvalue weighted by molar-refractivity contribution is 0.0642. The van der Waals surface area contributed by atoms with Gasteiger partial charge in [0, 0.05) is 26.0 Å². The van der Waals surface area contributed by atoms with Crippen LogP contribution < -0.4 is 10.6 Å². The molecule has 0 radical (unpaired) electrons. The van der Waals surface area contributed by atoms with Crippen molar-refractivity contribution >= 4 is 17.4 Å². The Morgan fingerprint density at radius 1 is 1.34 bits per heavy atom. The fourth-order valence-corrected chi connectivity index (χ4v) is 3.31. The molecule has 0 bridgehead atoms. The molecule has 0 spiro atoms. The summed E-state index contributed by atoms with van der Waals surface area (Å²) < 4.78 is 19.5. The molecule has 1 amide bonds. The lowest BCUT2D eigenvalue weighted by atomic mass is 9.97. The van der Waals surface area contributed by atoms with Crippen LogP contribution in [0.25, 0.3) is 0 Å². The van der Waals surface area contributed by atoms with Crippen molar-refractivity contribution in [2.45, 2.75) is 32.6 Å². The van der Waals surface area contributed by atoms with Crippen molar-refractivity contribution in [3.63, 3.8) is 0 Å². The Morgan fingerprint density at radius 2 is 2.10 bits per heavy atom. The van der Waals surface area contributed by atoms with Crippen LogP contribution in [0.5, 0.6) is 0 Å². The molecule has 0 atom stereocenters. The van der Waals surface area contributed by atoms with E-state index >= 15 is 0 Å². The molecule has 152 valence electrons. The first-order valence-corrected chi connectivity index (χ1v) is 9.80. The monoisotopic (exact) mass is 396 g/mol. The summed E-state index contributed by atoms with van der Waals surface area (Å²) in [7, 11) is 0. The predicted octanol–water partition coefficient (Wildman–Crippen LogP) is 4.12. The van der Waals surface area contributed by atoms with Crippen molar-refractivity contribution in [2.75, 3.05) is 25.1 Å². The van der Waals surface area contributed by atoms with Crippen molar-refractivity contribution in [1.82, 2.24) is 10.3 Å². The maximum atomic E-state index is 14.2. The number of halogens is 1. The van der Waals surface area contributed by atoms with E-state index in [2.05, 4.69) is 15.6 Å². The minimum absolute atomic E-state index is 0.0909. The van der Waals surface area contributed by atoms with Crippen LogP contribution in [-0.4, -0.2) is 30.6 Å². The number of pyridine rings is 1. The molecule has 3 rings (SSSR count). The quantitative estimate of drug-likeness (QED) is 0.767. The number of benzene rings is 1. The molecule has 1 saturated heterocycles. The van der Waals surface area contributed by atoms with Gasteiger partial charge in [0.05, 0.1) is 22.9 Å². The maximum absolute atomic E-state index is 14.2. The van der Waals surface area contributed by atoms with Crippen LogP contribution in [0.3, 0.4) is 0 Å². The van der Waals surface area contributed by atoms with Crippen LogP contribution in [-0.2, 0) is 4.74 Å². The molecule has 1 aromatic carbocycles. The number of hydrogen-bond acceptors (Lipinski definition) is 5. The van der Waals surface area contributed by atoms with Crippen LogP contribution in [0.4, 0.5) is 15.9 Å². The Balaban J connectivity index is 1.74. The van der Waals surface area contributed by atoms with E-state index in [1.807, 2.05) is 19.9 Å². The Kier molecular flexibility index (Phi) is 6.78. The minimum Gasteiger partial charge on any atom is -0.381 e. The number of ether oxygens (including phenoxy) is 1. The molecule has 0 saturated carbocycles. The molecule has 1 fully saturated rings. The first kappa shape index (κ1) is 20.7. The van der Waals surface area contributed by atoms with E-state index in [-0.39, 0.29) is 23.1 Å². The van der Waals surface area contributed by atoms with Crippen LogP contribution >= 0.6 is 0 Å². The second-order valence-corrected chi connectivity index (χ2v) is 7.51. The van der Waals surface area contributed by atoms with Crippen LogP contribution in [0.2, 0.25) is 0 Å². The minimum atomic E-state index is -0.532. The zero-order valence-electron chi connectivity index (χ0n) is 16.7. The zero-order chi connectivity index (χ0) is 20.8. The van der Waals surface area contributed by atoms with E-state index in [1.165, 1.54) is 24.4 Å². The Labute approximate surface area is 170 Å². The van der Waals surface area contributed by atoms with Crippen molar-refractivity contribution < 1.29 is 13.9 Å². The summed E-state index contributed by atoms with van der Waals surface area (Å²) in [6.45, 7) is 6.10. The Morgan fingerprint density at radius 3 is 2.76 bits per heavy atom. The summed E-state index contributed by atoms with van der Waals surface area (Å²) in [5, 5.41) is 14.8. The molecule has 2 aromatic rings. The number of nitriles is 1. The highest BCUT2D eigenvalue weighted by atomic mass is 19.1. The van der Waals surface area contributed by atoms with Crippen LogP contribution in [0.15, 0.2) is 30.5 Å². The number of nitrogens with one attached hydrogen (secondary N) is 2. The molecule has 7 heteroatoms. The highest BCUT2D eigenvalue weighted by molar-refractivity contribution is 5.95. The average Bonchev–Trinajstić information content (AvgIpc) is 2.74. The van der Waals surface area contributed by atoms with Gasteiger partial charge in [0.15, 0.2) is 0 Å². The topological polar surface area (TPSA) is 87.0 Å². The van der Waals surface area contributed by atoms with Gasteiger partial charge in [-0.15, -0.1) is 0 Å². The first-order chi connectivity index (χ1) is 14.0. The van der Waals surface area contributed by atoms with E-state index in [4.69, 9.17) is 10.00 Å². The van der Waals surface area contributed by atoms with Crippen molar-refractivity contribution in [3.05, 3.63) is 53.0 Å². The van der Waals surface area contributed by atoms with E-state index in [9.17, 15) is 9.18 Å². The summed E-state index contributed by atoms with van der Waals surface area (Å²) >= 11 is 0. The molecule has 2 heterocycles. The van der Waals surface area contributed by atoms with Gasteiger partial charge < -0.3 is 15.4 Å². The third kappa shape index (κ3) is 5.30. The van der Waals surface area contributed by atoms with Gasteiger partial charge in [-0.2, -0.15) is 5.26 Å².